The zero-order chi connectivity index (χ0) is 13.9. The molecular weight excluding hydrogens is 248 g/mol. The number of hydrogen-bond acceptors (Lipinski definition) is 2. The number of nitrogens with one attached hydrogen (secondary N) is 2. The van der Waals surface area contributed by atoms with Gasteiger partial charge in [0.2, 0.25) is 0 Å². The molecule has 0 spiro atoms. The van der Waals surface area contributed by atoms with Crippen LogP contribution in [0.1, 0.15) is 54.9 Å². The van der Waals surface area contributed by atoms with E-state index < -0.39 is 0 Å². The number of anilines is 1. The first-order valence-corrected chi connectivity index (χ1v) is 7.94. The van der Waals surface area contributed by atoms with E-state index in [1.807, 2.05) is 12.1 Å². The van der Waals surface area contributed by atoms with Gasteiger partial charge in [0.25, 0.3) is 5.91 Å². The third-order valence-corrected chi connectivity index (χ3v) is 4.78. The minimum absolute atomic E-state index is 0.0863. The molecule has 2 unspecified atom stereocenters. The van der Waals surface area contributed by atoms with E-state index in [1.165, 1.54) is 24.8 Å². The van der Waals surface area contributed by atoms with Crippen molar-refractivity contribution in [3.05, 3.63) is 29.3 Å². The predicted octanol–water partition coefficient (Wildman–Crippen LogP) is 3.35. The predicted molar refractivity (Wildman–Crippen MR) is 82.1 cm³/mol. The molecule has 0 saturated heterocycles. The number of carbonyl (C=O) groups excluding carboxylic acids is 1. The first-order chi connectivity index (χ1) is 9.76. The van der Waals surface area contributed by atoms with Gasteiger partial charge < -0.3 is 10.6 Å². The van der Waals surface area contributed by atoms with E-state index in [9.17, 15) is 4.79 Å². The maximum absolute atomic E-state index is 12.4. The lowest BCUT2D eigenvalue weighted by Gasteiger charge is -2.29. The molecule has 1 aromatic carbocycles. The lowest BCUT2D eigenvalue weighted by molar-refractivity contribution is 0.0919. The van der Waals surface area contributed by atoms with E-state index in [2.05, 4.69) is 23.6 Å². The van der Waals surface area contributed by atoms with Crippen molar-refractivity contribution >= 4 is 11.6 Å². The molecule has 1 fully saturated rings. The van der Waals surface area contributed by atoms with Crippen LogP contribution < -0.4 is 10.6 Å². The minimum Gasteiger partial charge on any atom is -0.384 e. The molecule has 3 heteroatoms. The van der Waals surface area contributed by atoms with Gasteiger partial charge in [0, 0.05) is 23.8 Å². The van der Waals surface area contributed by atoms with Crippen molar-refractivity contribution in [2.75, 3.05) is 11.9 Å². The smallest absolute Gasteiger partial charge is 0.251 e. The first kappa shape index (κ1) is 13.5. The van der Waals surface area contributed by atoms with Crippen LogP contribution in [0, 0.1) is 5.92 Å². The second kappa shape index (κ2) is 5.86. The van der Waals surface area contributed by atoms with Crippen molar-refractivity contribution in [2.45, 2.75) is 51.5 Å². The second-order valence-corrected chi connectivity index (χ2v) is 6.16. The van der Waals surface area contributed by atoms with Crippen LogP contribution in [0.4, 0.5) is 5.69 Å². The molecule has 2 aliphatic rings. The number of rotatable bonds is 3. The molecule has 1 heterocycles. The number of amides is 1. The number of benzene rings is 1. The fourth-order valence-corrected chi connectivity index (χ4v) is 3.49. The molecule has 1 aliphatic carbocycles. The Labute approximate surface area is 121 Å². The summed E-state index contributed by atoms with van der Waals surface area (Å²) in [6.45, 7) is 3.24. The van der Waals surface area contributed by atoms with Crippen LogP contribution in [0.2, 0.25) is 0 Å². The average Bonchev–Trinajstić information content (AvgIpc) is 2.94. The highest BCUT2D eigenvalue weighted by molar-refractivity contribution is 5.95. The molecule has 1 aliphatic heterocycles. The van der Waals surface area contributed by atoms with Gasteiger partial charge in [-0.15, -0.1) is 0 Å². The highest BCUT2D eigenvalue weighted by Crippen LogP contribution is 2.27. The van der Waals surface area contributed by atoms with Gasteiger partial charge >= 0.3 is 0 Å². The summed E-state index contributed by atoms with van der Waals surface area (Å²) in [6.07, 6.45) is 7.14. The Morgan fingerprint density at radius 3 is 3.15 bits per heavy atom. The summed E-state index contributed by atoms with van der Waals surface area (Å²) >= 11 is 0. The van der Waals surface area contributed by atoms with E-state index in [1.54, 1.807) is 0 Å². The van der Waals surface area contributed by atoms with Crippen LogP contribution in [0.25, 0.3) is 0 Å². The van der Waals surface area contributed by atoms with Crippen LogP contribution in [-0.4, -0.2) is 18.5 Å². The molecule has 2 N–H and O–H groups in total. The van der Waals surface area contributed by atoms with Crippen LogP contribution in [0.5, 0.6) is 0 Å². The van der Waals surface area contributed by atoms with Crippen molar-refractivity contribution in [1.29, 1.82) is 0 Å². The van der Waals surface area contributed by atoms with Crippen LogP contribution in [-0.2, 0) is 6.42 Å². The van der Waals surface area contributed by atoms with Gasteiger partial charge in [-0.25, -0.2) is 0 Å². The molecule has 1 aromatic rings. The summed E-state index contributed by atoms with van der Waals surface area (Å²) in [4.78, 5) is 12.4. The lowest BCUT2D eigenvalue weighted by atomic mass is 9.84. The van der Waals surface area contributed by atoms with Gasteiger partial charge in [0.1, 0.15) is 0 Å². The van der Waals surface area contributed by atoms with Crippen LogP contribution in [0.3, 0.4) is 0 Å². The third-order valence-electron chi connectivity index (χ3n) is 4.78. The second-order valence-electron chi connectivity index (χ2n) is 6.16. The molecule has 20 heavy (non-hydrogen) atoms. The molecule has 0 bridgehead atoms. The Morgan fingerprint density at radius 2 is 2.30 bits per heavy atom. The van der Waals surface area contributed by atoms with Crippen molar-refractivity contribution < 1.29 is 4.79 Å². The maximum Gasteiger partial charge on any atom is 0.251 e. The van der Waals surface area contributed by atoms with Crippen molar-refractivity contribution in [3.8, 4) is 0 Å². The number of hydrogen-bond donors (Lipinski definition) is 2. The lowest BCUT2D eigenvalue weighted by Crippen LogP contribution is -2.38. The Hall–Kier alpha value is -1.51. The highest BCUT2D eigenvalue weighted by Gasteiger charge is 2.23. The Kier molecular flexibility index (Phi) is 3.95. The zero-order valence-electron chi connectivity index (χ0n) is 12.2. The van der Waals surface area contributed by atoms with E-state index in [0.717, 1.165) is 43.0 Å². The van der Waals surface area contributed by atoms with Gasteiger partial charge in [0.15, 0.2) is 0 Å². The van der Waals surface area contributed by atoms with E-state index >= 15 is 0 Å². The largest absolute Gasteiger partial charge is 0.384 e. The normalized spacial score (nSPS) is 24.9. The molecule has 1 amide bonds. The van der Waals surface area contributed by atoms with Gasteiger partial charge in [0.05, 0.1) is 0 Å². The van der Waals surface area contributed by atoms with E-state index in [4.69, 9.17) is 0 Å². The topological polar surface area (TPSA) is 41.1 Å². The SMILES string of the molecule is CCC1CCCC(NC(=O)c2ccc3c(c2)NCC3)C1. The van der Waals surface area contributed by atoms with Crippen LogP contribution in [0.15, 0.2) is 18.2 Å². The Morgan fingerprint density at radius 1 is 1.40 bits per heavy atom. The molecule has 3 rings (SSSR count). The van der Waals surface area contributed by atoms with E-state index in [-0.39, 0.29) is 5.91 Å². The monoisotopic (exact) mass is 272 g/mol. The minimum atomic E-state index is 0.0863. The van der Waals surface area contributed by atoms with Crippen molar-refractivity contribution in [2.24, 2.45) is 5.92 Å². The van der Waals surface area contributed by atoms with Crippen molar-refractivity contribution in [3.63, 3.8) is 0 Å². The maximum atomic E-state index is 12.4. The van der Waals surface area contributed by atoms with Gasteiger partial charge in [-0.2, -0.15) is 0 Å². The summed E-state index contributed by atoms with van der Waals surface area (Å²) in [5.74, 6) is 0.874. The number of carbonyl (C=O) groups is 1. The molecule has 0 aromatic heterocycles. The summed E-state index contributed by atoms with van der Waals surface area (Å²) < 4.78 is 0. The van der Waals surface area contributed by atoms with Crippen LogP contribution >= 0.6 is 0 Å². The average molecular weight is 272 g/mol. The highest BCUT2D eigenvalue weighted by atomic mass is 16.1. The molecule has 1 saturated carbocycles. The fourth-order valence-electron chi connectivity index (χ4n) is 3.49. The summed E-state index contributed by atoms with van der Waals surface area (Å²) in [5, 5.41) is 6.56. The summed E-state index contributed by atoms with van der Waals surface area (Å²) in [5.41, 5.74) is 3.25. The first-order valence-electron chi connectivity index (χ1n) is 7.94. The Balaban J connectivity index is 1.64. The van der Waals surface area contributed by atoms with Gasteiger partial charge in [-0.3, -0.25) is 4.79 Å². The van der Waals surface area contributed by atoms with Gasteiger partial charge in [-0.1, -0.05) is 32.3 Å². The van der Waals surface area contributed by atoms with Gasteiger partial charge in [-0.05, 0) is 42.9 Å². The fraction of sp³-hybridized carbons (Fsp3) is 0.588. The quantitative estimate of drug-likeness (QED) is 0.886. The third kappa shape index (κ3) is 2.82. The van der Waals surface area contributed by atoms with E-state index in [0.29, 0.717) is 6.04 Å². The molecule has 108 valence electrons. The molecule has 0 radical (unpaired) electrons. The standard InChI is InChI=1S/C17H24N2O/c1-2-12-4-3-5-15(10-12)19-17(20)14-7-6-13-8-9-18-16(13)11-14/h6-7,11-12,15,18H,2-5,8-10H2,1H3,(H,19,20). The Bertz CT molecular complexity index is 498. The summed E-state index contributed by atoms with van der Waals surface area (Å²) in [7, 11) is 0. The molecule has 2 atom stereocenters. The van der Waals surface area contributed by atoms with Crippen molar-refractivity contribution in [1.82, 2.24) is 5.32 Å². The zero-order valence-corrected chi connectivity index (χ0v) is 12.2. The molecule has 3 nitrogen and oxygen atoms in total. The number of fused-ring (bicyclic) bond motifs is 1. The summed E-state index contributed by atoms with van der Waals surface area (Å²) in [6, 6.07) is 6.40. The molecular formula is C17H24N2O.